The molecule has 6 aliphatic rings. The molecule has 0 spiro atoms. The van der Waals surface area contributed by atoms with Crippen molar-refractivity contribution in [2.45, 2.75) is 115 Å². The molecular weight excluding hydrogens is 512 g/mol. The maximum atomic E-state index is 12.8. The van der Waals surface area contributed by atoms with Gasteiger partial charge in [0.25, 0.3) is 0 Å². The molecule has 0 amide bonds. The van der Waals surface area contributed by atoms with Crippen LogP contribution < -0.4 is 0 Å². The smallest absolute Gasteiger partial charge is 0.174 e. The average molecular weight is 569 g/mol. The fraction of sp³-hybridized carbons (Fsp3) is 0.886. The van der Waals surface area contributed by atoms with Gasteiger partial charge in [0, 0.05) is 30.3 Å². The van der Waals surface area contributed by atoms with Gasteiger partial charge in [-0.05, 0) is 139 Å². The third-order valence-electron chi connectivity index (χ3n) is 13.8. The standard InChI is InChI=1S/C35H56N2O4/c1-32-15-11-30-31(34(32,38)16-12-29(32)27-13-23-39-26-27)10-9-28-8-7-14-35(33(28,30)2,40-24-21-36-17-3-4-18-36)41-25-22-37-19-5-6-20-37/h13,23,26,28-31,38H,3-12,14-22,24-25H2,1-2H3/t28-,29+,30+,31-,32-,33+,34+/m1/s1. The summed E-state index contributed by atoms with van der Waals surface area (Å²) in [5.41, 5.74) is 0.463. The molecule has 6 nitrogen and oxygen atoms in total. The summed E-state index contributed by atoms with van der Waals surface area (Å²) in [4.78, 5) is 5.15. The fourth-order valence-electron chi connectivity index (χ4n) is 11.5. The molecule has 0 unspecified atom stereocenters. The number of furan rings is 1. The highest BCUT2D eigenvalue weighted by molar-refractivity contribution is 5.27. The van der Waals surface area contributed by atoms with Gasteiger partial charge in [-0.2, -0.15) is 0 Å². The largest absolute Gasteiger partial charge is 0.472 e. The second-order valence-electron chi connectivity index (χ2n) is 15.2. The van der Waals surface area contributed by atoms with Crippen LogP contribution in [0.5, 0.6) is 0 Å². The molecule has 4 saturated carbocycles. The quantitative estimate of drug-likeness (QED) is 0.346. The molecule has 7 rings (SSSR count). The van der Waals surface area contributed by atoms with Crippen LogP contribution in [0.25, 0.3) is 0 Å². The molecule has 1 aromatic rings. The van der Waals surface area contributed by atoms with Crippen LogP contribution in [0.15, 0.2) is 23.0 Å². The molecule has 230 valence electrons. The molecule has 6 heteroatoms. The van der Waals surface area contributed by atoms with E-state index in [0.29, 0.717) is 23.7 Å². The molecule has 6 fully saturated rings. The van der Waals surface area contributed by atoms with E-state index in [1.807, 2.05) is 12.5 Å². The molecule has 2 aliphatic heterocycles. The average Bonchev–Trinajstić information content (AvgIpc) is 3.78. The highest BCUT2D eigenvalue weighted by Gasteiger charge is 2.71. The molecule has 4 aliphatic carbocycles. The van der Waals surface area contributed by atoms with Crippen LogP contribution in [0.4, 0.5) is 0 Å². The van der Waals surface area contributed by atoms with Crippen molar-refractivity contribution in [2.24, 2.45) is 28.6 Å². The van der Waals surface area contributed by atoms with Gasteiger partial charge >= 0.3 is 0 Å². The lowest BCUT2D eigenvalue weighted by molar-refractivity contribution is -0.359. The minimum absolute atomic E-state index is 0.0744. The molecule has 0 aromatic carbocycles. The van der Waals surface area contributed by atoms with Crippen molar-refractivity contribution in [1.29, 1.82) is 0 Å². The van der Waals surface area contributed by atoms with E-state index in [4.69, 9.17) is 13.9 Å². The predicted molar refractivity (Wildman–Crippen MR) is 161 cm³/mol. The van der Waals surface area contributed by atoms with Crippen LogP contribution in [0.1, 0.15) is 109 Å². The van der Waals surface area contributed by atoms with Crippen molar-refractivity contribution < 1.29 is 19.0 Å². The SMILES string of the molecule is C[C@@]12[C@H](CCCC1(OCCN1CCCC1)OCCN1CCCC1)CC[C@@H]1[C@@H]2CC[C@]2(C)[C@H](c3ccoc3)CC[C@]12O. The fourth-order valence-corrected chi connectivity index (χ4v) is 11.5. The van der Waals surface area contributed by atoms with Crippen molar-refractivity contribution in [2.75, 3.05) is 52.5 Å². The van der Waals surface area contributed by atoms with Crippen LogP contribution in [0.3, 0.4) is 0 Å². The Morgan fingerprint density at radius 2 is 1.49 bits per heavy atom. The molecule has 7 atom stereocenters. The van der Waals surface area contributed by atoms with Gasteiger partial charge in [-0.15, -0.1) is 0 Å². The second kappa shape index (κ2) is 11.2. The molecule has 1 aromatic heterocycles. The normalized spacial score (nSPS) is 42.7. The number of fused-ring (bicyclic) bond motifs is 5. The van der Waals surface area contributed by atoms with Crippen molar-refractivity contribution in [3.05, 3.63) is 24.2 Å². The van der Waals surface area contributed by atoms with Crippen molar-refractivity contribution in [1.82, 2.24) is 9.80 Å². The number of ether oxygens (including phenoxy) is 2. The molecular formula is C35H56N2O4. The first-order valence-corrected chi connectivity index (χ1v) is 17.4. The Balaban J connectivity index is 1.18. The number of hydrogen-bond acceptors (Lipinski definition) is 6. The first-order chi connectivity index (χ1) is 19.9. The van der Waals surface area contributed by atoms with Crippen LogP contribution in [0, 0.1) is 28.6 Å². The van der Waals surface area contributed by atoms with Crippen LogP contribution in [-0.4, -0.2) is 78.8 Å². The van der Waals surface area contributed by atoms with E-state index >= 15 is 0 Å². The maximum Gasteiger partial charge on any atom is 0.174 e. The number of aliphatic hydroxyl groups is 1. The van der Waals surface area contributed by atoms with Crippen LogP contribution in [0.2, 0.25) is 0 Å². The maximum absolute atomic E-state index is 12.8. The molecule has 2 saturated heterocycles. The van der Waals surface area contributed by atoms with Gasteiger partial charge in [-0.1, -0.05) is 13.8 Å². The van der Waals surface area contributed by atoms with Gasteiger partial charge in [0.15, 0.2) is 5.79 Å². The summed E-state index contributed by atoms with van der Waals surface area (Å²) in [5, 5.41) is 12.8. The van der Waals surface area contributed by atoms with Crippen LogP contribution in [-0.2, 0) is 9.47 Å². The Kier molecular flexibility index (Phi) is 7.89. The summed E-state index contributed by atoms with van der Waals surface area (Å²) in [6, 6.07) is 2.14. The Bertz CT molecular complexity index is 997. The molecule has 0 radical (unpaired) electrons. The van der Waals surface area contributed by atoms with Crippen molar-refractivity contribution in [3.63, 3.8) is 0 Å². The summed E-state index contributed by atoms with van der Waals surface area (Å²) < 4.78 is 19.9. The van der Waals surface area contributed by atoms with Gasteiger partial charge in [0.2, 0.25) is 0 Å². The number of rotatable bonds is 9. The third-order valence-corrected chi connectivity index (χ3v) is 13.8. The highest BCUT2D eigenvalue weighted by Crippen LogP contribution is 2.72. The minimum Gasteiger partial charge on any atom is -0.472 e. The van der Waals surface area contributed by atoms with E-state index in [1.54, 1.807) is 0 Å². The Morgan fingerprint density at radius 3 is 2.12 bits per heavy atom. The Labute approximate surface area is 248 Å². The summed E-state index contributed by atoms with van der Waals surface area (Å²) in [6.07, 6.45) is 19.0. The molecule has 41 heavy (non-hydrogen) atoms. The molecule has 3 heterocycles. The molecule has 0 bridgehead atoms. The lowest BCUT2D eigenvalue weighted by atomic mass is 9.42. The lowest BCUT2D eigenvalue weighted by Crippen LogP contribution is -2.68. The van der Waals surface area contributed by atoms with E-state index < -0.39 is 11.4 Å². The zero-order valence-corrected chi connectivity index (χ0v) is 26.0. The predicted octanol–water partition coefficient (Wildman–Crippen LogP) is 6.44. The third kappa shape index (κ3) is 4.60. The number of likely N-dealkylation sites (tertiary alicyclic amines) is 2. The van der Waals surface area contributed by atoms with Gasteiger partial charge in [-0.3, -0.25) is 0 Å². The van der Waals surface area contributed by atoms with Crippen LogP contribution >= 0.6 is 0 Å². The highest BCUT2D eigenvalue weighted by atomic mass is 16.7. The van der Waals surface area contributed by atoms with Crippen molar-refractivity contribution in [3.8, 4) is 0 Å². The van der Waals surface area contributed by atoms with E-state index in [9.17, 15) is 5.11 Å². The monoisotopic (exact) mass is 568 g/mol. The number of hydrogen-bond donors (Lipinski definition) is 1. The first kappa shape index (κ1) is 28.8. The number of nitrogens with zero attached hydrogens (tertiary/aromatic N) is 2. The van der Waals surface area contributed by atoms with E-state index in [2.05, 4.69) is 29.7 Å². The zero-order chi connectivity index (χ0) is 28.1. The van der Waals surface area contributed by atoms with Gasteiger partial charge in [0.05, 0.1) is 31.3 Å². The van der Waals surface area contributed by atoms with Gasteiger partial charge in [0.1, 0.15) is 0 Å². The topological polar surface area (TPSA) is 58.3 Å². The van der Waals surface area contributed by atoms with Gasteiger partial charge < -0.3 is 28.8 Å². The van der Waals surface area contributed by atoms with E-state index in [-0.39, 0.29) is 10.8 Å². The Hall–Kier alpha value is -0.920. The Morgan fingerprint density at radius 1 is 0.805 bits per heavy atom. The molecule has 1 N–H and O–H groups in total. The zero-order valence-electron chi connectivity index (χ0n) is 26.0. The lowest BCUT2D eigenvalue weighted by Gasteiger charge is -2.67. The van der Waals surface area contributed by atoms with Crippen molar-refractivity contribution >= 4 is 0 Å². The van der Waals surface area contributed by atoms with Gasteiger partial charge in [-0.25, -0.2) is 0 Å². The summed E-state index contributed by atoms with van der Waals surface area (Å²) in [5.74, 6) is 1.17. The van der Waals surface area contributed by atoms with E-state index in [1.165, 1.54) is 76.7 Å². The first-order valence-electron chi connectivity index (χ1n) is 17.4. The summed E-state index contributed by atoms with van der Waals surface area (Å²) >= 11 is 0. The van der Waals surface area contributed by atoms with E-state index in [0.717, 1.165) is 64.8 Å². The summed E-state index contributed by atoms with van der Waals surface area (Å²) in [6.45, 7) is 13.3. The summed E-state index contributed by atoms with van der Waals surface area (Å²) in [7, 11) is 0. The minimum atomic E-state index is -0.639. The second-order valence-corrected chi connectivity index (χ2v) is 15.2.